The van der Waals surface area contributed by atoms with Crippen molar-refractivity contribution in [2.24, 2.45) is 0 Å². The zero-order valence-electron chi connectivity index (χ0n) is 10.8. The van der Waals surface area contributed by atoms with Crippen LogP contribution in [0.4, 0.5) is 5.69 Å². The average molecular weight is 300 g/mol. The van der Waals surface area contributed by atoms with Crippen LogP contribution in [0.1, 0.15) is 5.56 Å². The Balaban J connectivity index is 1.89. The summed E-state index contributed by atoms with van der Waals surface area (Å²) < 4.78 is 0. The highest BCUT2D eigenvalue weighted by molar-refractivity contribution is 7.98. The molecular formula is C17H14ClNS. The third kappa shape index (κ3) is 2.77. The lowest BCUT2D eigenvalue weighted by molar-refractivity contribution is 1.41. The van der Waals surface area contributed by atoms with Crippen molar-refractivity contribution in [1.29, 1.82) is 0 Å². The Bertz CT molecular complexity index is 750. The van der Waals surface area contributed by atoms with E-state index in [0.29, 0.717) is 0 Å². The second-order valence-electron chi connectivity index (χ2n) is 4.62. The summed E-state index contributed by atoms with van der Waals surface area (Å²) in [6.07, 6.45) is 0. The molecule has 0 aliphatic carbocycles. The van der Waals surface area contributed by atoms with Crippen LogP contribution in [-0.4, -0.2) is 0 Å². The van der Waals surface area contributed by atoms with E-state index in [1.165, 1.54) is 16.3 Å². The lowest BCUT2D eigenvalue weighted by Gasteiger charge is -2.08. The molecule has 100 valence electrons. The molecule has 0 saturated carbocycles. The van der Waals surface area contributed by atoms with E-state index in [-0.39, 0.29) is 0 Å². The predicted octanol–water partition coefficient (Wildman–Crippen LogP) is 5.37. The normalized spacial score (nSPS) is 10.8. The molecule has 0 spiro atoms. The molecule has 0 aliphatic rings. The summed E-state index contributed by atoms with van der Waals surface area (Å²) in [5.74, 6) is 0.879. The molecule has 1 nitrogen and oxygen atoms in total. The zero-order chi connectivity index (χ0) is 13.9. The van der Waals surface area contributed by atoms with Gasteiger partial charge in [0.05, 0.1) is 5.02 Å². The van der Waals surface area contributed by atoms with Gasteiger partial charge in [-0.3, -0.25) is 0 Å². The molecule has 3 heteroatoms. The number of thioether (sulfide) groups is 1. The van der Waals surface area contributed by atoms with E-state index < -0.39 is 0 Å². The van der Waals surface area contributed by atoms with Crippen molar-refractivity contribution in [2.45, 2.75) is 10.6 Å². The molecule has 0 unspecified atom stereocenters. The van der Waals surface area contributed by atoms with Crippen molar-refractivity contribution in [3.05, 3.63) is 71.2 Å². The number of hydrogen-bond acceptors (Lipinski definition) is 2. The summed E-state index contributed by atoms with van der Waals surface area (Å²) in [4.78, 5) is 1.03. The fourth-order valence-corrected chi connectivity index (χ4v) is 3.47. The first-order valence-corrected chi connectivity index (χ1v) is 7.75. The van der Waals surface area contributed by atoms with E-state index in [0.717, 1.165) is 21.4 Å². The average Bonchev–Trinajstić information content (AvgIpc) is 2.48. The van der Waals surface area contributed by atoms with Gasteiger partial charge in [-0.15, -0.1) is 11.8 Å². The minimum Gasteiger partial charge on any atom is -0.399 e. The Morgan fingerprint density at radius 3 is 2.65 bits per heavy atom. The van der Waals surface area contributed by atoms with Crippen molar-refractivity contribution in [2.75, 3.05) is 5.73 Å². The first-order valence-electron chi connectivity index (χ1n) is 6.38. The number of nitrogens with two attached hydrogens (primary N) is 1. The van der Waals surface area contributed by atoms with Crippen LogP contribution in [0.2, 0.25) is 5.02 Å². The number of anilines is 1. The summed E-state index contributed by atoms with van der Waals surface area (Å²) in [6, 6.07) is 20.4. The van der Waals surface area contributed by atoms with E-state index in [9.17, 15) is 0 Å². The summed E-state index contributed by atoms with van der Waals surface area (Å²) in [5, 5.41) is 3.32. The maximum absolute atomic E-state index is 6.20. The predicted molar refractivity (Wildman–Crippen MR) is 89.4 cm³/mol. The van der Waals surface area contributed by atoms with Gasteiger partial charge in [0.15, 0.2) is 0 Å². The molecule has 0 radical (unpaired) electrons. The van der Waals surface area contributed by atoms with Gasteiger partial charge in [0.1, 0.15) is 0 Å². The fraction of sp³-hybridized carbons (Fsp3) is 0.0588. The van der Waals surface area contributed by atoms with Crippen LogP contribution in [0.5, 0.6) is 0 Å². The van der Waals surface area contributed by atoms with Gasteiger partial charge in [-0.25, -0.2) is 0 Å². The van der Waals surface area contributed by atoms with E-state index in [2.05, 4.69) is 42.5 Å². The highest BCUT2D eigenvalue weighted by atomic mass is 35.5. The molecule has 2 N–H and O–H groups in total. The van der Waals surface area contributed by atoms with Gasteiger partial charge >= 0.3 is 0 Å². The molecule has 0 fully saturated rings. The maximum atomic E-state index is 6.20. The Morgan fingerprint density at radius 2 is 1.75 bits per heavy atom. The van der Waals surface area contributed by atoms with Crippen LogP contribution >= 0.6 is 23.4 Å². The molecule has 0 aliphatic heterocycles. The number of hydrogen-bond donors (Lipinski definition) is 1. The lowest BCUT2D eigenvalue weighted by atomic mass is 10.1. The van der Waals surface area contributed by atoms with Gasteiger partial charge < -0.3 is 5.73 Å². The molecule has 0 bridgehead atoms. The minimum absolute atomic E-state index is 0.745. The molecule has 3 rings (SSSR count). The summed E-state index contributed by atoms with van der Waals surface area (Å²) in [6.45, 7) is 0. The summed E-state index contributed by atoms with van der Waals surface area (Å²) >= 11 is 7.92. The highest BCUT2D eigenvalue weighted by Crippen LogP contribution is 2.33. The van der Waals surface area contributed by atoms with E-state index in [1.54, 1.807) is 11.8 Å². The van der Waals surface area contributed by atoms with E-state index >= 15 is 0 Å². The van der Waals surface area contributed by atoms with Gasteiger partial charge in [0.2, 0.25) is 0 Å². The lowest BCUT2D eigenvalue weighted by Crippen LogP contribution is -1.87. The van der Waals surface area contributed by atoms with Crippen LogP contribution in [0.15, 0.2) is 65.6 Å². The first kappa shape index (κ1) is 13.3. The van der Waals surface area contributed by atoms with Crippen LogP contribution in [-0.2, 0) is 5.75 Å². The third-order valence-corrected chi connectivity index (χ3v) is 4.76. The largest absolute Gasteiger partial charge is 0.399 e. The Hall–Kier alpha value is -1.64. The van der Waals surface area contributed by atoms with Crippen LogP contribution < -0.4 is 5.73 Å². The molecule has 3 aromatic rings. The smallest absolute Gasteiger partial charge is 0.0543 e. The van der Waals surface area contributed by atoms with Crippen LogP contribution in [0.25, 0.3) is 10.8 Å². The van der Waals surface area contributed by atoms with E-state index in [4.69, 9.17) is 17.3 Å². The summed E-state index contributed by atoms with van der Waals surface area (Å²) in [7, 11) is 0. The Kier molecular flexibility index (Phi) is 3.86. The maximum Gasteiger partial charge on any atom is 0.0543 e. The quantitative estimate of drug-likeness (QED) is 0.520. The Morgan fingerprint density at radius 1 is 0.950 bits per heavy atom. The number of rotatable bonds is 3. The van der Waals surface area contributed by atoms with Crippen LogP contribution in [0, 0.1) is 0 Å². The minimum atomic E-state index is 0.745. The fourth-order valence-electron chi connectivity index (χ4n) is 2.20. The van der Waals surface area contributed by atoms with Crippen molar-refractivity contribution in [1.82, 2.24) is 0 Å². The van der Waals surface area contributed by atoms with Crippen molar-refractivity contribution in [3.63, 3.8) is 0 Å². The SMILES string of the molecule is Nc1ccc(Cl)c(SCc2cccc3ccccc23)c1. The third-order valence-electron chi connectivity index (χ3n) is 3.22. The van der Waals surface area contributed by atoms with Crippen molar-refractivity contribution < 1.29 is 0 Å². The number of nitrogen functional groups attached to an aromatic ring is 1. The van der Waals surface area contributed by atoms with Gasteiger partial charge in [0.25, 0.3) is 0 Å². The van der Waals surface area contributed by atoms with Gasteiger partial charge in [0, 0.05) is 16.3 Å². The molecule has 0 saturated heterocycles. The molecule has 0 amide bonds. The number of benzene rings is 3. The Labute approximate surface area is 127 Å². The molecule has 0 heterocycles. The van der Waals surface area contributed by atoms with Gasteiger partial charge in [-0.1, -0.05) is 54.1 Å². The molecule has 20 heavy (non-hydrogen) atoms. The zero-order valence-corrected chi connectivity index (χ0v) is 12.4. The highest BCUT2D eigenvalue weighted by Gasteiger charge is 2.05. The van der Waals surface area contributed by atoms with Crippen LogP contribution in [0.3, 0.4) is 0 Å². The standard InChI is InChI=1S/C17H14ClNS/c18-16-9-8-14(19)10-17(16)20-11-13-6-3-5-12-4-1-2-7-15(12)13/h1-10H,11,19H2. The van der Waals surface area contributed by atoms with Crippen molar-refractivity contribution in [3.8, 4) is 0 Å². The van der Waals surface area contributed by atoms with Gasteiger partial charge in [-0.2, -0.15) is 0 Å². The molecular weight excluding hydrogens is 286 g/mol. The molecule has 0 atom stereocenters. The second-order valence-corrected chi connectivity index (χ2v) is 6.04. The first-order chi connectivity index (χ1) is 9.74. The monoisotopic (exact) mass is 299 g/mol. The van der Waals surface area contributed by atoms with E-state index in [1.807, 2.05) is 18.2 Å². The second kappa shape index (κ2) is 5.78. The summed E-state index contributed by atoms with van der Waals surface area (Å²) in [5.41, 5.74) is 7.87. The van der Waals surface area contributed by atoms with Gasteiger partial charge in [-0.05, 0) is 34.5 Å². The molecule has 0 aromatic heterocycles. The topological polar surface area (TPSA) is 26.0 Å². The van der Waals surface area contributed by atoms with Crippen molar-refractivity contribution >= 4 is 39.8 Å². The number of halogens is 1. The molecule has 3 aromatic carbocycles. The number of fused-ring (bicyclic) bond motifs is 1.